The van der Waals surface area contributed by atoms with Gasteiger partial charge in [-0.3, -0.25) is 14.4 Å². The first-order valence-corrected chi connectivity index (χ1v) is 24.6. The molecule has 0 bridgehead atoms. The normalized spacial score (nSPS) is 11.6. The van der Waals surface area contributed by atoms with Gasteiger partial charge in [0.15, 0.2) is 0 Å². The van der Waals surface area contributed by atoms with Crippen LogP contribution in [0.1, 0.15) is 278 Å². The molecule has 7 heteroatoms. The molecule has 1 unspecified atom stereocenters. The van der Waals surface area contributed by atoms with Crippen LogP contribution in [0.25, 0.3) is 0 Å². The number of aliphatic hydroxyl groups is 2. The fourth-order valence-electron chi connectivity index (χ4n) is 7.05. The lowest BCUT2D eigenvalue weighted by molar-refractivity contribution is -0.159. The van der Waals surface area contributed by atoms with Crippen molar-refractivity contribution in [3.8, 4) is 0 Å². The van der Waals surface area contributed by atoms with E-state index >= 15 is 0 Å². The molecule has 0 radical (unpaired) electrons. The second-order valence-electron chi connectivity index (χ2n) is 16.6. The second kappa shape index (κ2) is 49.7. The molecule has 334 valence electrons. The predicted octanol–water partition coefficient (Wildman–Crippen LogP) is 14.6. The van der Waals surface area contributed by atoms with E-state index in [1.807, 2.05) is 0 Å². The van der Waals surface area contributed by atoms with Crippen LogP contribution in [0.2, 0.25) is 0 Å². The summed E-state index contributed by atoms with van der Waals surface area (Å²) in [7, 11) is 0. The third kappa shape index (κ3) is 50.5. The van der Waals surface area contributed by atoms with E-state index in [1.165, 1.54) is 199 Å². The highest BCUT2D eigenvalue weighted by molar-refractivity contribution is 5.85. The van der Waals surface area contributed by atoms with Crippen LogP contribution >= 0.6 is 0 Å². The molecule has 0 aromatic carbocycles. The number of rotatable bonds is 43. The fourth-order valence-corrected chi connectivity index (χ4v) is 7.05. The first kappa shape index (κ1) is 56.6. The SMILES string of the molecule is CCCCCCCCCCCCCCCC(=O)OC(=O)CCCCCCCCCCC.CCCCCCCCCCCCCCCCCC(=O)OCC(O)CO. The Balaban J connectivity index is 0. The van der Waals surface area contributed by atoms with Gasteiger partial charge in [0.2, 0.25) is 0 Å². The van der Waals surface area contributed by atoms with Crippen molar-refractivity contribution in [2.75, 3.05) is 13.2 Å². The zero-order valence-corrected chi connectivity index (χ0v) is 37.7. The van der Waals surface area contributed by atoms with Gasteiger partial charge in [0.25, 0.3) is 0 Å². The van der Waals surface area contributed by atoms with Crippen molar-refractivity contribution < 1.29 is 34.1 Å². The minimum Gasteiger partial charge on any atom is -0.463 e. The molecule has 0 heterocycles. The minimum absolute atomic E-state index is 0.103. The highest BCUT2D eigenvalue weighted by atomic mass is 16.6. The third-order valence-electron chi connectivity index (χ3n) is 10.8. The molecule has 0 amide bonds. The van der Waals surface area contributed by atoms with Crippen molar-refractivity contribution in [1.82, 2.24) is 0 Å². The largest absolute Gasteiger partial charge is 0.463 e. The quantitative estimate of drug-likeness (QED) is 0.0359. The average Bonchev–Trinajstić information content (AvgIpc) is 3.19. The van der Waals surface area contributed by atoms with Crippen molar-refractivity contribution in [3.05, 3.63) is 0 Å². The van der Waals surface area contributed by atoms with Crippen LogP contribution in [0.3, 0.4) is 0 Å². The van der Waals surface area contributed by atoms with E-state index in [4.69, 9.17) is 19.7 Å². The van der Waals surface area contributed by atoms with Crippen molar-refractivity contribution in [2.24, 2.45) is 0 Å². The molecule has 1 atom stereocenters. The molecule has 0 aromatic rings. The van der Waals surface area contributed by atoms with E-state index in [0.29, 0.717) is 19.3 Å². The Labute approximate surface area is 348 Å². The molecule has 56 heavy (non-hydrogen) atoms. The Morgan fingerprint density at radius 1 is 0.357 bits per heavy atom. The number of unbranched alkanes of at least 4 members (excludes halogenated alkanes) is 34. The van der Waals surface area contributed by atoms with Gasteiger partial charge in [0.1, 0.15) is 12.7 Å². The van der Waals surface area contributed by atoms with Crippen LogP contribution < -0.4 is 0 Å². The van der Waals surface area contributed by atoms with Gasteiger partial charge in [0, 0.05) is 19.3 Å². The van der Waals surface area contributed by atoms with Gasteiger partial charge < -0.3 is 19.7 Å². The smallest absolute Gasteiger partial charge is 0.313 e. The van der Waals surface area contributed by atoms with Gasteiger partial charge >= 0.3 is 17.9 Å². The number of carbonyl (C=O) groups is 3. The highest BCUT2D eigenvalue weighted by Gasteiger charge is 2.10. The number of hydrogen-bond donors (Lipinski definition) is 2. The summed E-state index contributed by atoms with van der Waals surface area (Å²) in [4.78, 5) is 34.9. The fraction of sp³-hybridized carbons (Fsp3) is 0.939. The topological polar surface area (TPSA) is 110 Å². The van der Waals surface area contributed by atoms with Crippen LogP contribution in [-0.2, 0) is 23.9 Å². The molecule has 0 rings (SSSR count). The lowest BCUT2D eigenvalue weighted by Gasteiger charge is -2.08. The summed E-state index contributed by atoms with van der Waals surface area (Å²) in [5.41, 5.74) is 0. The summed E-state index contributed by atoms with van der Waals surface area (Å²) < 4.78 is 9.82. The number of esters is 3. The standard InChI is InChI=1S/C28H54O3.C21H42O4/c1-3-5-7-9-11-13-14-15-16-18-20-22-24-26-28(30)31-27(29)25-23-21-19-17-12-10-8-6-4-2;1-2-3-4-5-6-7-8-9-10-11-12-13-14-15-16-17-21(24)25-19-20(23)18-22/h3-26H2,1-2H3;20,22-23H,2-19H2,1H3. The van der Waals surface area contributed by atoms with Crippen molar-refractivity contribution in [1.29, 1.82) is 0 Å². The summed E-state index contributed by atoms with van der Waals surface area (Å²) in [6.45, 7) is 6.30. The number of ether oxygens (including phenoxy) is 2. The van der Waals surface area contributed by atoms with Crippen LogP contribution in [0, 0.1) is 0 Å². The molecule has 0 fully saturated rings. The van der Waals surface area contributed by atoms with Gasteiger partial charge in [-0.15, -0.1) is 0 Å². The van der Waals surface area contributed by atoms with E-state index in [1.54, 1.807) is 0 Å². The maximum atomic E-state index is 11.8. The molecule has 0 aromatic heterocycles. The number of hydrogen-bond acceptors (Lipinski definition) is 7. The van der Waals surface area contributed by atoms with Crippen LogP contribution in [-0.4, -0.2) is 47.4 Å². The Morgan fingerprint density at radius 3 is 0.804 bits per heavy atom. The first-order chi connectivity index (χ1) is 27.4. The second-order valence-corrected chi connectivity index (χ2v) is 16.6. The summed E-state index contributed by atoms with van der Waals surface area (Å²) in [6.07, 6.45) is 47.5. The van der Waals surface area contributed by atoms with Gasteiger partial charge in [-0.25, -0.2) is 0 Å². The first-order valence-electron chi connectivity index (χ1n) is 24.6. The minimum atomic E-state index is -0.954. The zero-order valence-electron chi connectivity index (χ0n) is 37.7. The Morgan fingerprint density at radius 2 is 0.571 bits per heavy atom. The van der Waals surface area contributed by atoms with E-state index in [0.717, 1.165) is 38.5 Å². The number of aliphatic hydroxyl groups excluding tert-OH is 2. The Hall–Kier alpha value is -1.47. The monoisotopic (exact) mass is 797 g/mol. The van der Waals surface area contributed by atoms with E-state index in [9.17, 15) is 14.4 Å². The van der Waals surface area contributed by atoms with Gasteiger partial charge in [-0.05, 0) is 19.3 Å². The molecule has 0 saturated heterocycles. The summed E-state index contributed by atoms with van der Waals surface area (Å²) >= 11 is 0. The molecule has 0 saturated carbocycles. The van der Waals surface area contributed by atoms with Crippen LogP contribution in [0.15, 0.2) is 0 Å². The van der Waals surface area contributed by atoms with Crippen molar-refractivity contribution >= 4 is 17.9 Å². The van der Waals surface area contributed by atoms with Gasteiger partial charge in [-0.2, -0.15) is 0 Å². The predicted molar refractivity (Wildman–Crippen MR) is 237 cm³/mol. The summed E-state index contributed by atoms with van der Waals surface area (Å²) in [5, 5.41) is 17.7. The lowest BCUT2D eigenvalue weighted by Crippen LogP contribution is -2.21. The van der Waals surface area contributed by atoms with Crippen LogP contribution in [0.4, 0.5) is 0 Å². The molecule has 0 spiro atoms. The highest BCUT2D eigenvalue weighted by Crippen LogP contribution is 2.16. The summed E-state index contributed by atoms with van der Waals surface area (Å²) in [6, 6.07) is 0. The van der Waals surface area contributed by atoms with E-state index in [2.05, 4.69) is 20.8 Å². The third-order valence-corrected chi connectivity index (χ3v) is 10.8. The van der Waals surface area contributed by atoms with Crippen molar-refractivity contribution in [2.45, 2.75) is 284 Å². The lowest BCUT2D eigenvalue weighted by atomic mass is 10.0. The Kier molecular flexibility index (Phi) is 50.2. The average molecular weight is 797 g/mol. The van der Waals surface area contributed by atoms with Gasteiger partial charge in [0.05, 0.1) is 6.61 Å². The Bertz CT molecular complexity index is 801. The molecule has 2 N–H and O–H groups in total. The van der Waals surface area contributed by atoms with Crippen LogP contribution in [0.5, 0.6) is 0 Å². The molecule has 0 aliphatic rings. The molecule has 7 nitrogen and oxygen atoms in total. The zero-order chi connectivity index (χ0) is 41.4. The molecular weight excluding hydrogens is 701 g/mol. The van der Waals surface area contributed by atoms with E-state index in [-0.39, 0.29) is 31.1 Å². The maximum Gasteiger partial charge on any atom is 0.313 e. The maximum absolute atomic E-state index is 11.8. The molecule has 0 aliphatic carbocycles. The van der Waals surface area contributed by atoms with Gasteiger partial charge in [-0.1, -0.05) is 239 Å². The molecule has 0 aliphatic heterocycles. The molecular formula is C49H96O7. The van der Waals surface area contributed by atoms with Crippen molar-refractivity contribution in [3.63, 3.8) is 0 Å². The summed E-state index contributed by atoms with van der Waals surface area (Å²) in [5.74, 6) is -0.936. The van der Waals surface area contributed by atoms with E-state index < -0.39 is 6.10 Å². The number of carbonyl (C=O) groups excluding carboxylic acids is 3.